The zero-order valence-corrected chi connectivity index (χ0v) is 16.3. The van der Waals surface area contributed by atoms with Crippen LogP contribution in [0.5, 0.6) is 0 Å². The molecule has 6 nitrogen and oxygen atoms in total. The lowest BCUT2D eigenvalue weighted by Gasteiger charge is -2.26. The van der Waals surface area contributed by atoms with E-state index < -0.39 is 12.1 Å². The zero-order chi connectivity index (χ0) is 21.8. The van der Waals surface area contributed by atoms with Gasteiger partial charge in [-0.1, -0.05) is 26.0 Å². The number of nitrogens with zero attached hydrogens (tertiary/aromatic N) is 3. The lowest BCUT2D eigenvalue weighted by Crippen LogP contribution is -2.39. The number of amides is 1. The number of carbonyl (C=O) groups excluding carboxylic acids is 1. The largest absolute Gasteiger partial charge is 0.490 e. The van der Waals surface area contributed by atoms with E-state index in [2.05, 4.69) is 35.8 Å². The van der Waals surface area contributed by atoms with Crippen molar-refractivity contribution in [2.75, 3.05) is 13.1 Å². The number of carboxylic acids is 1. The van der Waals surface area contributed by atoms with E-state index in [0.29, 0.717) is 35.9 Å². The number of aliphatic carboxylic acids is 1. The van der Waals surface area contributed by atoms with E-state index in [9.17, 15) is 18.0 Å². The van der Waals surface area contributed by atoms with Crippen LogP contribution in [0.2, 0.25) is 0 Å². The molecule has 158 valence electrons. The van der Waals surface area contributed by atoms with Gasteiger partial charge in [-0.05, 0) is 30.0 Å². The lowest BCUT2D eigenvalue weighted by atomic mass is 10.1. The Kier molecular flexibility index (Phi) is 7.25. The van der Waals surface area contributed by atoms with Gasteiger partial charge in [-0.2, -0.15) is 18.4 Å². The molecule has 2 aliphatic heterocycles. The fraction of sp³-hybridized carbons (Fsp3) is 0.550. The average Bonchev–Trinajstić information content (AvgIpc) is 3.15. The molecular weight excluding hydrogens is 387 g/mol. The van der Waals surface area contributed by atoms with Crippen LogP contribution >= 0.6 is 0 Å². The maximum absolute atomic E-state index is 12.3. The van der Waals surface area contributed by atoms with E-state index in [-0.39, 0.29) is 0 Å². The highest BCUT2D eigenvalue weighted by Gasteiger charge is 2.46. The van der Waals surface area contributed by atoms with Gasteiger partial charge in [0.2, 0.25) is 5.91 Å². The van der Waals surface area contributed by atoms with Crippen LogP contribution in [0, 0.1) is 17.2 Å². The molecule has 2 fully saturated rings. The Morgan fingerprint density at radius 3 is 2.55 bits per heavy atom. The van der Waals surface area contributed by atoms with Crippen LogP contribution in [-0.2, 0) is 16.1 Å². The second-order valence-electron chi connectivity index (χ2n) is 7.65. The second kappa shape index (κ2) is 9.27. The molecule has 2 heterocycles. The number of benzene rings is 1. The Morgan fingerprint density at radius 1 is 1.34 bits per heavy atom. The van der Waals surface area contributed by atoms with Crippen LogP contribution in [0.3, 0.4) is 0 Å². The fourth-order valence-electron chi connectivity index (χ4n) is 3.81. The van der Waals surface area contributed by atoms with E-state index in [4.69, 9.17) is 15.2 Å². The molecule has 0 radical (unpaired) electrons. The van der Waals surface area contributed by atoms with Gasteiger partial charge in [0.1, 0.15) is 0 Å². The number of alkyl halides is 3. The van der Waals surface area contributed by atoms with Gasteiger partial charge in [0.15, 0.2) is 0 Å². The van der Waals surface area contributed by atoms with Crippen LogP contribution in [0.1, 0.15) is 37.8 Å². The Bertz CT molecular complexity index is 789. The van der Waals surface area contributed by atoms with Crippen molar-refractivity contribution in [1.29, 1.82) is 5.26 Å². The second-order valence-corrected chi connectivity index (χ2v) is 7.65. The van der Waals surface area contributed by atoms with E-state index in [0.717, 1.165) is 31.6 Å². The Balaban J connectivity index is 0.000000370. The molecule has 0 unspecified atom stereocenters. The van der Waals surface area contributed by atoms with Gasteiger partial charge in [-0.3, -0.25) is 9.69 Å². The standard InChI is InChI=1S/C18H23N3O.C2HF3O2/c1-13(2)11-21-16-6-7-20(17(16)9-18(21)22)12-15-5-3-4-14(8-15)10-19;3-2(4,5)1(6)7/h3-5,8,13,16-17H,6-7,9,11-12H2,1-2H3;(H,6,7)/t16-,17+;/m0./s1. The van der Waals surface area contributed by atoms with Crippen molar-refractivity contribution in [1.82, 2.24) is 9.80 Å². The van der Waals surface area contributed by atoms with E-state index in [1.165, 1.54) is 0 Å². The minimum atomic E-state index is -5.08. The summed E-state index contributed by atoms with van der Waals surface area (Å²) in [5.74, 6) is -1.93. The highest BCUT2D eigenvalue weighted by atomic mass is 19.4. The highest BCUT2D eigenvalue weighted by molar-refractivity contribution is 5.80. The van der Waals surface area contributed by atoms with Crippen LogP contribution in [-0.4, -0.2) is 58.1 Å². The van der Waals surface area contributed by atoms with E-state index >= 15 is 0 Å². The number of fused-ring (bicyclic) bond motifs is 1. The third-order valence-corrected chi connectivity index (χ3v) is 4.98. The fourth-order valence-corrected chi connectivity index (χ4v) is 3.81. The highest BCUT2D eigenvalue weighted by Crippen LogP contribution is 2.33. The van der Waals surface area contributed by atoms with Crippen molar-refractivity contribution in [3.05, 3.63) is 35.4 Å². The first-order valence-electron chi connectivity index (χ1n) is 9.35. The molecule has 1 aromatic rings. The molecule has 0 bridgehead atoms. The molecule has 1 aromatic carbocycles. The van der Waals surface area contributed by atoms with E-state index in [1.54, 1.807) is 0 Å². The van der Waals surface area contributed by atoms with Crippen molar-refractivity contribution in [2.24, 2.45) is 5.92 Å². The molecule has 2 atom stereocenters. The maximum Gasteiger partial charge on any atom is 0.490 e. The van der Waals surface area contributed by atoms with Crippen LogP contribution in [0.25, 0.3) is 0 Å². The quantitative estimate of drug-likeness (QED) is 0.823. The third-order valence-electron chi connectivity index (χ3n) is 4.98. The first-order valence-corrected chi connectivity index (χ1v) is 9.35. The third kappa shape index (κ3) is 5.94. The van der Waals surface area contributed by atoms with Crippen LogP contribution in [0.4, 0.5) is 13.2 Å². The van der Waals surface area contributed by atoms with Gasteiger partial charge < -0.3 is 10.0 Å². The zero-order valence-electron chi connectivity index (χ0n) is 16.3. The summed E-state index contributed by atoms with van der Waals surface area (Å²) in [5.41, 5.74) is 1.87. The predicted molar refractivity (Wildman–Crippen MR) is 98.6 cm³/mol. The summed E-state index contributed by atoms with van der Waals surface area (Å²) >= 11 is 0. The monoisotopic (exact) mass is 411 g/mol. The Hall–Kier alpha value is -2.60. The number of rotatable bonds is 4. The van der Waals surface area contributed by atoms with Gasteiger partial charge in [0, 0.05) is 38.1 Å². The summed E-state index contributed by atoms with van der Waals surface area (Å²) in [6.45, 7) is 7.08. The summed E-state index contributed by atoms with van der Waals surface area (Å²) in [6.07, 6.45) is -3.36. The molecule has 0 aliphatic carbocycles. The Morgan fingerprint density at radius 2 is 2.00 bits per heavy atom. The summed E-state index contributed by atoms with van der Waals surface area (Å²) in [5, 5.41) is 16.1. The van der Waals surface area contributed by atoms with Gasteiger partial charge in [-0.25, -0.2) is 4.79 Å². The molecular formula is C20H24F3N3O3. The molecule has 0 saturated carbocycles. The number of hydrogen-bond acceptors (Lipinski definition) is 4. The number of carbonyl (C=O) groups is 2. The number of carboxylic acid groups (broad SMARTS) is 1. The number of likely N-dealkylation sites (tertiary alicyclic amines) is 2. The summed E-state index contributed by atoms with van der Waals surface area (Å²) in [4.78, 5) is 25.7. The first-order chi connectivity index (χ1) is 13.5. The molecule has 3 rings (SSSR count). The predicted octanol–water partition coefficient (Wildman–Crippen LogP) is 3.02. The number of nitriles is 1. The minimum Gasteiger partial charge on any atom is -0.475 e. The number of halogens is 3. The molecule has 2 aliphatic rings. The van der Waals surface area contributed by atoms with Crippen molar-refractivity contribution >= 4 is 11.9 Å². The molecule has 1 N–H and O–H groups in total. The molecule has 0 spiro atoms. The van der Waals surface area contributed by atoms with Crippen LogP contribution < -0.4 is 0 Å². The normalized spacial score (nSPS) is 21.6. The summed E-state index contributed by atoms with van der Waals surface area (Å²) in [7, 11) is 0. The molecule has 29 heavy (non-hydrogen) atoms. The van der Waals surface area contributed by atoms with Gasteiger partial charge in [-0.15, -0.1) is 0 Å². The smallest absolute Gasteiger partial charge is 0.475 e. The van der Waals surface area contributed by atoms with Crippen molar-refractivity contribution in [3.8, 4) is 6.07 Å². The molecule has 0 aromatic heterocycles. The SMILES string of the molecule is CC(C)CN1C(=O)C[C@@H]2[C@@H]1CCN2Cc1cccc(C#N)c1.O=C(O)C(F)(F)F. The maximum atomic E-state index is 12.3. The van der Waals surface area contributed by atoms with Gasteiger partial charge in [0.25, 0.3) is 0 Å². The van der Waals surface area contributed by atoms with Crippen LogP contribution in [0.15, 0.2) is 24.3 Å². The van der Waals surface area contributed by atoms with Crippen molar-refractivity contribution in [2.45, 2.75) is 51.5 Å². The number of hydrogen-bond donors (Lipinski definition) is 1. The lowest BCUT2D eigenvalue weighted by molar-refractivity contribution is -0.192. The van der Waals surface area contributed by atoms with Gasteiger partial charge >= 0.3 is 12.1 Å². The van der Waals surface area contributed by atoms with E-state index in [1.807, 2.05) is 18.2 Å². The molecule has 1 amide bonds. The van der Waals surface area contributed by atoms with Crippen molar-refractivity contribution in [3.63, 3.8) is 0 Å². The summed E-state index contributed by atoms with van der Waals surface area (Å²) in [6, 6.07) is 10.7. The molecule has 2 saturated heterocycles. The summed E-state index contributed by atoms with van der Waals surface area (Å²) < 4.78 is 31.7. The van der Waals surface area contributed by atoms with Gasteiger partial charge in [0.05, 0.1) is 11.6 Å². The van der Waals surface area contributed by atoms with Crippen molar-refractivity contribution < 1.29 is 27.9 Å². The minimum absolute atomic E-state index is 0.305. The molecule has 9 heteroatoms. The topological polar surface area (TPSA) is 84.6 Å². The average molecular weight is 411 g/mol. The first kappa shape index (κ1) is 22.7. The Labute approximate surface area is 167 Å².